The summed E-state index contributed by atoms with van der Waals surface area (Å²) in [5, 5.41) is 2.75. The second-order valence-corrected chi connectivity index (χ2v) is 7.38. The van der Waals surface area contributed by atoms with Gasteiger partial charge in [-0.3, -0.25) is 28.7 Å². The molecule has 164 valence electrons. The molecule has 0 aliphatic carbocycles. The number of rotatable bonds is 5. The predicted octanol–water partition coefficient (Wildman–Crippen LogP) is 1.31. The van der Waals surface area contributed by atoms with Crippen molar-refractivity contribution in [3.8, 4) is 0 Å². The molecule has 8 nitrogen and oxygen atoms in total. The fourth-order valence-electron chi connectivity index (χ4n) is 3.50. The zero-order chi connectivity index (χ0) is 22.8. The van der Waals surface area contributed by atoms with Crippen LogP contribution in [-0.4, -0.2) is 25.7 Å². The molecule has 0 saturated carbocycles. The van der Waals surface area contributed by atoms with E-state index < -0.39 is 28.8 Å². The summed E-state index contributed by atoms with van der Waals surface area (Å²) in [6, 6.07) is 6.73. The van der Waals surface area contributed by atoms with Crippen molar-refractivity contribution in [2.75, 3.05) is 0 Å². The molecule has 1 aromatic carbocycles. The molecule has 0 spiro atoms. The third kappa shape index (κ3) is 4.11. The Morgan fingerprint density at radius 3 is 2.56 bits per heavy atom. The number of benzene rings is 1. The number of aliphatic imine (C=N–C) groups is 1. The second kappa shape index (κ2) is 8.66. The highest BCUT2D eigenvalue weighted by molar-refractivity contribution is 6.38. The van der Waals surface area contributed by atoms with Crippen molar-refractivity contribution in [3.05, 3.63) is 97.6 Å². The predicted molar refractivity (Wildman–Crippen MR) is 112 cm³/mol. The van der Waals surface area contributed by atoms with Gasteiger partial charge in [-0.1, -0.05) is 6.07 Å². The van der Waals surface area contributed by atoms with Gasteiger partial charge in [-0.2, -0.15) is 0 Å². The molecule has 10 heteroatoms. The molecule has 0 radical (unpaired) electrons. The maximum Gasteiger partial charge on any atom is 0.331 e. The third-order valence-corrected chi connectivity index (χ3v) is 5.30. The maximum atomic E-state index is 13.6. The normalized spacial score (nSPS) is 12.8. The van der Waals surface area contributed by atoms with E-state index in [9.17, 15) is 23.2 Å². The topological polar surface area (TPSA) is 98.3 Å². The van der Waals surface area contributed by atoms with Gasteiger partial charge in [0.25, 0.3) is 11.5 Å². The Morgan fingerprint density at radius 2 is 1.84 bits per heavy atom. The molecule has 32 heavy (non-hydrogen) atoms. The summed E-state index contributed by atoms with van der Waals surface area (Å²) in [5.41, 5.74) is 0.841. The van der Waals surface area contributed by atoms with E-state index in [1.54, 1.807) is 31.5 Å². The van der Waals surface area contributed by atoms with Crippen LogP contribution in [0.2, 0.25) is 0 Å². The Morgan fingerprint density at radius 1 is 1.09 bits per heavy atom. The van der Waals surface area contributed by atoms with Crippen LogP contribution in [0, 0.1) is 18.6 Å². The van der Waals surface area contributed by atoms with E-state index in [4.69, 9.17) is 0 Å². The fourth-order valence-corrected chi connectivity index (χ4v) is 3.50. The van der Waals surface area contributed by atoms with Gasteiger partial charge in [0, 0.05) is 24.5 Å². The minimum Gasteiger partial charge on any atom is -0.347 e. The molecule has 4 rings (SSSR count). The number of hydrogen-bond acceptors (Lipinski definition) is 5. The Kier molecular flexibility index (Phi) is 5.76. The van der Waals surface area contributed by atoms with Crippen LogP contribution in [-0.2, 0) is 31.0 Å². The molecule has 1 amide bonds. The van der Waals surface area contributed by atoms with Crippen LogP contribution in [0.15, 0.2) is 57.3 Å². The van der Waals surface area contributed by atoms with Crippen molar-refractivity contribution in [1.82, 2.24) is 19.4 Å². The van der Waals surface area contributed by atoms with Crippen molar-refractivity contribution < 1.29 is 13.6 Å². The highest BCUT2D eigenvalue weighted by Gasteiger charge is 2.24. The van der Waals surface area contributed by atoms with E-state index in [0.29, 0.717) is 11.3 Å². The number of fused-ring (bicyclic) bond motifs is 1. The summed E-state index contributed by atoms with van der Waals surface area (Å²) < 4.78 is 29.0. The summed E-state index contributed by atoms with van der Waals surface area (Å²) in [6.07, 6.45) is 3.23. The molecule has 0 atom stereocenters. The lowest BCUT2D eigenvalue weighted by molar-refractivity contribution is -0.115. The number of halogens is 2. The largest absolute Gasteiger partial charge is 0.347 e. The van der Waals surface area contributed by atoms with Crippen LogP contribution in [0.25, 0.3) is 0 Å². The van der Waals surface area contributed by atoms with Crippen molar-refractivity contribution >= 4 is 11.6 Å². The monoisotopic (exact) mass is 439 g/mol. The molecule has 0 bridgehead atoms. The van der Waals surface area contributed by atoms with Crippen molar-refractivity contribution in [3.63, 3.8) is 0 Å². The molecule has 1 aliphatic rings. The minimum absolute atomic E-state index is 0.0142. The van der Waals surface area contributed by atoms with E-state index in [1.165, 1.54) is 10.6 Å². The van der Waals surface area contributed by atoms with Crippen LogP contribution in [0.1, 0.15) is 22.4 Å². The van der Waals surface area contributed by atoms with Gasteiger partial charge in [-0.25, -0.2) is 13.6 Å². The first-order chi connectivity index (χ1) is 15.3. The van der Waals surface area contributed by atoms with Gasteiger partial charge in [0.1, 0.15) is 5.71 Å². The Balaban J connectivity index is 1.60. The molecule has 3 heterocycles. The minimum atomic E-state index is -1.06. The van der Waals surface area contributed by atoms with Crippen LogP contribution >= 0.6 is 0 Å². The average Bonchev–Trinajstić information content (AvgIpc) is 2.81. The first-order valence-electron chi connectivity index (χ1n) is 9.82. The van der Waals surface area contributed by atoms with Gasteiger partial charge in [-0.05, 0) is 42.3 Å². The number of aromatic nitrogens is 3. The van der Waals surface area contributed by atoms with E-state index in [2.05, 4.69) is 15.3 Å². The quantitative estimate of drug-likeness (QED) is 0.648. The Labute approximate surface area is 180 Å². The highest BCUT2D eigenvalue weighted by Crippen LogP contribution is 2.12. The van der Waals surface area contributed by atoms with E-state index >= 15 is 0 Å². The fraction of sp³-hybridized carbons (Fsp3) is 0.227. The van der Waals surface area contributed by atoms with Gasteiger partial charge in [-0.15, -0.1) is 0 Å². The second-order valence-electron chi connectivity index (χ2n) is 7.38. The number of hydrogen-bond donors (Lipinski definition) is 1. The Hall–Kier alpha value is -3.95. The SMILES string of the molecule is Cc1c2n(c(=O)n(Cc3ccc(F)c(F)c3)c1=O)CC(C(=O)NCc1ccncc1)=NC2. The number of amides is 1. The highest BCUT2D eigenvalue weighted by atomic mass is 19.2. The standard InChI is InChI=1S/C22H19F2N5O3/c1-13-19-10-26-18(20(30)27-9-14-4-6-25-7-5-14)12-28(19)22(32)29(21(13)31)11-15-2-3-16(23)17(24)8-15/h2-8H,9-12H2,1H3,(H,27,30). The van der Waals surface area contributed by atoms with Crippen molar-refractivity contribution in [2.24, 2.45) is 4.99 Å². The molecule has 0 unspecified atom stereocenters. The third-order valence-electron chi connectivity index (χ3n) is 5.30. The van der Waals surface area contributed by atoms with E-state index in [-0.39, 0.29) is 37.5 Å². The van der Waals surface area contributed by atoms with Gasteiger partial charge < -0.3 is 5.32 Å². The van der Waals surface area contributed by atoms with Gasteiger partial charge >= 0.3 is 5.69 Å². The molecule has 3 aromatic rings. The number of nitrogens with one attached hydrogen (secondary N) is 1. The summed E-state index contributed by atoms with van der Waals surface area (Å²) >= 11 is 0. The lowest BCUT2D eigenvalue weighted by Crippen LogP contribution is -2.47. The average molecular weight is 439 g/mol. The molecule has 0 fully saturated rings. The maximum absolute atomic E-state index is 13.6. The van der Waals surface area contributed by atoms with Crippen LogP contribution in [0.4, 0.5) is 8.78 Å². The molecule has 1 aliphatic heterocycles. The van der Waals surface area contributed by atoms with Gasteiger partial charge in [0.05, 0.1) is 25.3 Å². The van der Waals surface area contributed by atoms with Crippen LogP contribution < -0.4 is 16.6 Å². The number of carbonyl (C=O) groups excluding carboxylic acids is 1. The molecule has 1 N–H and O–H groups in total. The lowest BCUT2D eigenvalue weighted by Gasteiger charge is -2.21. The zero-order valence-electron chi connectivity index (χ0n) is 17.1. The molecule has 0 saturated heterocycles. The van der Waals surface area contributed by atoms with Crippen LogP contribution in [0.3, 0.4) is 0 Å². The smallest absolute Gasteiger partial charge is 0.331 e. The summed E-state index contributed by atoms with van der Waals surface area (Å²) in [6.45, 7) is 1.53. The summed E-state index contributed by atoms with van der Waals surface area (Å²) in [5.74, 6) is -2.50. The summed E-state index contributed by atoms with van der Waals surface area (Å²) in [4.78, 5) is 46.5. The lowest BCUT2D eigenvalue weighted by atomic mass is 10.1. The van der Waals surface area contributed by atoms with Gasteiger partial charge in [0.15, 0.2) is 11.6 Å². The van der Waals surface area contributed by atoms with Crippen molar-refractivity contribution in [2.45, 2.75) is 33.1 Å². The van der Waals surface area contributed by atoms with E-state index in [1.807, 2.05) is 0 Å². The number of nitrogens with zero attached hydrogens (tertiary/aromatic N) is 4. The number of pyridine rings is 1. The molecular formula is C22H19F2N5O3. The van der Waals surface area contributed by atoms with Crippen LogP contribution in [0.5, 0.6) is 0 Å². The zero-order valence-corrected chi connectivity index (χ0v) is 17.1. The summed E-state index contributed by atoms with van der Waals surface area (Å²) in [7, 11) is 0. The molecule has 2 aromatic heterocycles. The molecular weight excluding hydrogens is 420 g/mol. The Bertz CT molecular complexity index is 1350. The first-order valence-corrected chi connectivity index (χ1v) is 9.82. The van der Waals surface area contributed by atoms with Crippen molar-refractivity contribution in [1.29, 1.82) is 0 Å². The number of carbonyl (C=O) groups is 1. The first kappa shape index (κ1) is 21.3. The van der Waals surface area contributed by atoms with Gasteiger partial charge in [0.2, 0.25) is 0 Å². The van der Waals surface area contributed by atoms with E-state index in [0.717, 1.165) is 22.3 Å².